The highest BCUT2D eigenvalue weighted by Gasteiger charge is 2.16. The summed E-state index contributed by atoms with van der Waals surface area (Å²) in [6.07, 6.45) is 2.88. The topological polar surface area (TPSA) is 50.3 Å². The quantitative estimate of drug-likeness (QED) is 0.794. The minimum Gasteiger partial charge on any atom is -0.257 e. The van der Waals surface area contributed by atoms with Gasteiger partial charge in [-0.2, -0.15) is 0 Å². The average Bonchev–Trinajstić information content (AvgIpc) is 2.14. The summed E-state index contributed by atoms with van der Waals surface area (Å²) in [5, 5.41) is 0. The number of hydrogen-bond donors (Lipinski definition) is 0. The van der Waals surface area contributed by atoms with Gasteiger partial charge in [0.15, 0.2) is 0 Å². The van der Waals surface area contributed by atoms with Crippen molar-refractivity contribution in [1.29, 1.82) is 0 Å². The summed E-state index contributed by atoms with van der Waals surface area (Å²) in [5.74, 6) is 0.440. The third-order valence-electron chi connectivity index (χ3n) is 2.43. The van der Waals surface area contributed by atoms with Gasteiger partial charge in [-0.25, -0.2) is 13.4 Å². The summed E-state index contributed by atoms with van der Waals surface area (Å²) in [6.45, 7) is 6.26. The second-order valence-corrected chi connectivity index (χ2v) is 6.90. The van der Waals surface area contributed by atoms with Gasteiger partial charge in [0, 0.05) is 13.2 Å². The normalized spacial score (nSPS) is 12.6. The van der Waals surface area contributed by atoms with Crippen LogP contribution in [0.15, 0.2) is 18.3 Å². The van der Waals surface area contributed by atoms with Gasteiger partial charge >= 0.3 is 0 Å². The van der Waals surface area contributed by atoms with E-state index >= 15 is 0 Å². The molecule has 0 bridgehead atoms. The summed E-state index contributed by atoms with van der Waals surface area (Å²) >= 11 is 0. The molecule has 0 atom stereocenters. The van der Waals surface area contributed by atoms with E-state index in [-0.39, 0.29) is 5.41 Å². The van der Waals surface area contributed by atoms with E-state index < -0.39 is 10.0 Å². The Kier molecular flexibility index (Phi) is 3.28. The lowest BCUT2D eigenvalue weighted by molar-refractivity contribution is 0.587. The molecular formula is C11H18N2O2S. The van der Waals surface area contributed by atoms with Gasteiger partial charge in [0.1, 0.15) is 5.82 Å². The predicted octanol–water partition coefficient (Wildman–Crippen LogP) is 1.77. The van der Waals surface area contributed by atoms with Crippen LogP contribution in [0.1, 0.15) is 26.3 Å². The van der Waals surface area contributed by atoms with E-state index in [1.807, 2.05) is 6.07 Å². The van der Waals surface area contributed by atoms with Crippen molar-refractivity contribution in [2.45, 2.75) is 26.2 Å². The number of nitrogens with zero attached hydrogens (tertiary/aromatic N) is 2. The van der Waals surface area contributed by atoms with Crippen LogP contribution in [-0.4, -0.2) is 26.7 Å². The maximum atomic E-state index is 11.3. The van der Waals surface area contributed by atoms with E-state index in [1.165, 1.54) is 11.4 Å². The third-order valence-corrected chi connectivity index (χ3v) is 3.62. The van der Waals surface area contributed by atoms with Gasteiger partial charge in [0.2, 0.25) is 10.0 Å². The van der Waals surface area contributed by atoms with E-state index in [2.05, 4.69) is 25.8 Å². The number of rotatable bonds is 2. The smallest absolute Gasteiger partial charge is 0.233 e. The molecular weight excluding hydrogens is 224 g/mol. The molecule has 1 aromatic heterocycles. The first-order chi connectivity index (χ1) is 7.12. The molecule has 4 nitrogen and oxygen atoms in total. The SMILES string of the molecule is CN(c1ccc(C(C)(C)C)cn1)S(C)(=O)=O. The lowest BCUT2D eigenvalue weighted by Crippen LogP contribution is -2.26. The monoisotopic (exact) mass is 242 g/mol. The molecule has 0 spiro atoms. The zero-order valence-electron chi connectivity index (χ0n) is 10.4. The van der Waals surface area contributed by atoms with E-state index in [4.69, 9.17) is 0 Å². The second-order valence-electron chi connectivity index (χ2n) is 4.89. The van der Waals surface area contributed by atoms with Gasteiger partial charge in [-0.15, -0.1) is 0 Å². The Morgan fingerprint density at radius 2 is 1.81 bits per heavy atom. The summed E-state index contributed by atoms with van der Waals surface area (Å²) in [4.78, 5) is 4.16. The Hall–Kier alpha value is -1.10. The van der Waals surface area contributed by atoms with E-state index in [0.717, 1.165) is 11.8 Å². The van der Waals surface area contributed by atoms with Crippen LogP contribution in [0.3, 0.4) is 0 Å². The fourth-order valence-electron chi connectivity index (χ4n) is 1.19. The minimum absolute atomic E-state index is 0.0230. The van der Waals surface area contributed by atoms with Crippen LogP contribution < -0.4 is 4.31 Å². The molecule has 0 aliphatic carbocycles. The average molecular weight is 242 g/mol. The predicted molar refractivity (Wildman–Crippen MR) is 66.2 cm³/mol. The van der Waals surface area contributed by atoms with Gasteiger partial charge in [-0.1, -0.05) is 26.8 Å². The molecule has 0 saturated carbocycles. The van der Waals surface area contributed by atoms with Gasteiger partial charge in [-0.3, -0.25) is 4.31 Å². The highest BCUT2D eigenvalue weighted by atomic mass is 32.2. The standard InChI is InChI=1S/C11H18N2O2S/c1-11(2,3)9-6-7-10(12-8-9)13(4)16(5,14)15/h6-8H,1-5H3. The highest BCUT2D eigenvalue weighted by molar-refractivity contribution is 7.92. The van der Waals surface area contributed by atoms with Crippen LogP contribution in [0.5, 0.6) is 0 Å². The number of aromatic nitrogens is 1. The highest BCUT2D eigenvalue weighted by Crippen LogP contribution is 2.23. The third kappa shape index (κ3) is 2.95. The van der Waals surface area contributed by atoms with Crippen molar-refractivity contribution in [3.63, 3.8) is 0 Å². The van der Waals surface area contributed by atoms with Gasteiger partial charge in [0.05, 0.1) is 6.26 Å². The van der Waals surface area contributed by atoms with Crippen LogP contribution in [0.25, 0.3) is 0 Å². The molecule has 0 saturated heterocycles. The molecule has 0 aliphatic rings. The van der Waals surface area contributed by atoms with Crippen molar-refractivity contribution in [3.8, 4) is 0 Å². The number of sulfonamides is 1. The van der Waals surface area contributed by atoms with Crippen molar-refractivity contribution in [1.82, 2.24) is 4.98 Å². The molecule has 0 radical (unpaired) electrons. The maximum absolute atomic E-state index is 11.3. The Balaban J connectivity index is 3.05. The molecule has 90 valence electrons. The summed E-state index contributed by atoms with van der Waals surface area (Å²) < 4.78 is 23.8. The summed E-state index contributed by atoms with van der Waals surface area (Å²) in [7, 11) is -1.74. The molecule has 1 rings (SSSR count). The number of hydrogen-bond acceptors (Lipinski definition) is 3. The van der Waals surface area contributed by atoms with Crippen molar-refractivity contribution < 1.29 is 8.42 Å². The molecule has 1 aromatic rings. The Bertz CT molecular complexity index is 458. The minimum atomic E-state index is -3.23. The number of pyridine rings is 1. The van der Waals surface area contributed by atoms with Crippen molar-refractivity contribution in [2.24, 2.45) is 0 Å². The first kappa shape index (κ1) is 13.0. The molecule has 5 heteroatoms. The Morgan fingerprint density at radius 3 is 2.12 bits per heavy atom. The lowest BCUT2D eigenvalue weighted by atomic mass is 9.88. The van der Waals surface area contributed by atoms with Gasteiger partial charge in [0.25, 0.3) is 0 Å². The fourth-order valence-corrected chi connectivity index (χ4v) is 1.63. The van der Waals surface area contributed by atoms with E-state index in [0.29, 0.717) is 5.82 Å². The van der Waals surface area contributed by atoms with Crippen LogP contribution in [-0.2, 0) is 15.4 Å². The van der Waals surface area contributed by atoms with E-state index in [1.54, 1.807) is 12.3 Å². The summed E-state index contributed by atoms with van der Waals surface area (Å²) in [5.41, 5.74) is 1.10. The molecule has 1 heterocycles. The Morgan fingerprint density at radius 1 is 1.25 bits per heavy atom. The zero-order chi connectivity index (χ0) is 12.6. The maximum Gasteiger partial charge on any atom is 0.233 e. The van der Waals surface area contributed by atoms with Crippen molar-refractivity contribution >= 4 is 15.8 Å². The fraction of sp³-hybridized carbons (Fsp3) is 0.545. The molecule has 0 amide bonds. The summed E-state index contributed by atoms with van der Waals surface area (Å²) in [6, 6.07) is 3.63. The zero-order valence-corrected chi connectivity index (χ0v) is 11.2. The van der Waals surface area contributed by atoms with Gasteiger partial charge < -0.3 is 0 Å². The first-order valence-corrected chi connectivity index (χ1v) is 6.87. The number of anilines is 1. The van der Waals surface area contributed by atoms with Crippen LogP contribution >= 0.6 is 0 Å². The van der Waals surface area contributed by atoms with Crippen molar-refractivity contribution in [3.05, 3.63) is 23.9 Å². The molecule has 0 N–H and O–H groups in total. The molecule has 0 unspecified atom stereocenters. The first-order valence-electron chi connectivity index (χ1n) is 5.03. The molecule has 0 fully saturated rings. The Labute approximate surface area is 97.4 Å². The van der Waals surface area contributed by atoms with Gasteiger partial charge in [-0.05, 0) is 17.0 Å². The second kappa shape index (κ2) is 4.05. The lowest BCUT2D eigenvalue weighted by Gasteiger charge is -2.20. The van der Waals surface area contributed by atoms with Crippen LogP contribution in [0, 0.1) is 0 Å². The van der Waals surface area contributed by atoms with E-state index in [9.17, 15) is 8.42 Å². The van der Waals surface area contributed by atoms with Crippen molar-refractivity contribution in [2.75, 3.05) is 17.6 Å². The largest absolute Gasteiger partial charge is 0.257 e. The molecule has 0 aromatic carbocycles. The van der Waals surface area contributed by atoms with Crippen LogP contribution in [0.2, 0.25) is 0 Å². The molecule has 16 heavy (non-hydrogen) atoms. The molecule has 0 aliphatic heterocycles. The van der Waals surface area contributed by atoms with Crippen LogP contribution in [0.4, 0.5) is 5.82 Å².